The van der Waals surface area contributed by atoms with Gasteiger partial charge < -0.3 is 0 Å². The van der Waals surface area contributed by atoms with Gasteiger partial charge in [-0.1, -0.05) is 74.3 Å². The number of nitrogens with one attached hydrogen (secondary N) is 1. The fourth-order valence-corrected chi connectivity index (χ4v) is 4.14. The number of aromatic nitrogens is 5. The van der Waals surface area contributed by atoms with Crippen LogP contribution in [0.1, 0.15) is 26.6 Å². The van der Waals surface area contributed by atoms with Gasteiger partial charge in [-0.15, -0.1) is 0 Å². The van der Waals surface area contributed by atoms with Crippen molar-refractivity contribution in [2.45, 2.75) is 26.2 Å². The number of rotatable bonds is 2. The SMILES string of the molecule is CC(C)(C)c1nc2nc(-c3ccccc3Cl)c(-c3ccc(Cl)cc3)cc2c2n[nH]c(=O)n12. The van der Waals surface area contributed by atoms with E-state index in [1.807, 2.05) is 75.4 Å². The summed E-state index contributed by atoms with van der Waals surface area (Å²) in [5.74, 6) is 0.579. The molecule has 0 bridgehead atoms. The second-order valence-corrected chi connectivity index (χ2v) is 9.46. The summed E-state index contributed by atoms with van der Waals surface area (Å²) >= 11 is 12.7. The maximum atomic E-state index is 12.6. The second kappa shape index (κ2) is 7.43. The van der Waals surface area contributed by atoms with Gasteiger partial charge in [0.2, 0.25) is 0 Å². The van der Waals surface area contributed by atoms with E-state index >= 15 is 0 Å². The number of fused-ring (bicyclic) bond motifs is 3. The lowest BCUT2D eigenvalue weighted by atomic mass is 9.95. The molecule has 0 atom stereocenters. The summed E-state index contributed by atoms with van der Waals surface area (Å²) in [4.78, 5) is 22.3. The van der Waals surface area contributed by atoms with E-state index in [4.69, 9.17) is 33.2 Å². The highest BCUT2D eigenvalue weighted by Gasteiger charge is 2.25. The predicted molar refractivity (Wildman–Crippen MR) is 129 cm³/mol. The molecule has 32 heavy (non-hydrogen) atoms. The summed E-state index contributed by atoms with van der Waals surface area (Å²) in [5, 5.41) is 8.73. The third-order valence-corrected chi connectivity index (χ3v) is 5.88. The quantitative estimate of drug-likeness (QED) is 0.353. The molecule has 0 unspecified atom stereocenters. The smallest absolute Gasteiger partial charge is 0.246 e. The first-order chi connectivity index (χ1) is 15.2. The molecule has 2 aromatic carbocycles. The van der Waals surface area contributed by atoms with E-state index in [1.54, 1.807) is 0 Å². The average molecular weight is 464 g/mol. The first-order valence-electron chi connectivity index (χ1n) is 10.1. The Labute approximate surface area is 193 Å². The summed E-state index contributed by atoms with van der Waals surface area (Å²) < 4.78 is 1.52. The van der Waals surface area contributed by atoms with Gasteiger partial charge >= 0.3 is 5.69 Å². The molecule has 0 radical (unpaired) electrons. The Kier molecular flexibility index (Phi) is 4.80. The molecule has 160 valence electrons. The summed E-state index contributed by atoms with van der Waals surface area (Å²) in [5.41, 5.74) is 3.48. The molecule has 8 heteroatoms. The summed E-state index contributed by atoms with van der Waals surface area (Å²) in [6, 6.07) is 17.0. The first kappa shape index (κ1) is 20.7. The Hall–Kier alpha value is -3.22. The van der Waals surface area contributed by atoms with Crippen molar-refractivity contribution in [3.8, 4) is 22.4 Å². The number of benzene rings is 2. The van der Waals surface area contributed by atoms with E-state index in [9.17, 15) is 4.79 Å². The topological polar surface area (TPSA) is 75.9 Å². The Balaban J connectivity index is 1.94. The van der Waals surface area contributed by atoms with Crippen molar-refractivity contribution in [2.75, 3.05) is 0 Å². The molecule has 1 N–H and O–H groups in total. The Bertz CT molecular complexity index is 1550. The molecule has 0 saturated carbocycles. The highest BCUT2D eigenvalue weighted by atomic mass is 35.5. The van der Waals surface area contributed by atoms with Crippen LogP contribution in [0.4, 0.5) is 0 Å². The molecule has 3 heterocycles. The van der Waals surface area contributed by atoms with Gasteiger partial charge in [0, 0.05) is 26.6 Å². The van der Waals surface area contributed by atoms with E-state index in [1.165, 1.54) is 4.40 Å². The van der Waals surface area contributed by atoms with Crippen LogP contribution in [0.15, 0.2) is 59.4 Å². The van der Waals surface area contributed by atoms with Gasteiger partial charge in [-0.25, -0.2) is 24.3 Å². The van der Waals surface area contributed by atoms with Gasteiger partial charge in [0.1, 0.15) is 5.82 Å². The standard InChI is InChI=1S/C24H19Cl2N5O/c1-24(2,3)22-28-20-17(21-29-30-23(32)31(21)22)12-16(13-8-10-14(25)11-9-13)19(27-20)15-6-4-5-7-18(15)26/h4-12H,1-3H3,(H,30,32). The number of hydrogen-bond donors (Lipinski definition) is 1. The molecule has 0 aliphatic carbocycles. The summed E-state index contributed by atoms with van der Waals surface area (Å²) in [6.45, 7) is 5.99. The normalized spacial score (nSPS) is 12.0. The number of hydrogen-bond acceptors (Lipinski definition) is 4. The monoisotopic (exact) mass is 463 g/mol. The zero-order valence-electron chi connectivity index (χ0n) is 17.6. The third-order valence-electron chi connectivity index (χ3n) is 5.29. The lowest BCUT2D eigenvalue weighted by Crippen LogP contribution is -2.25. The van der Waals surface area contributed by atoms with Crippen LogP contribution in [-0.2, 0) is 5.41 Å². The minimum Gasteiger partial charge on any atom is -0.246 e. The molecular formula is C24H19Cl2N5O. The van der Waals surface area contributed by atoms with Gasteiger partial charge in [0.15, 0.2) is 11.3 Å². The Morgan fingerprint density at radius 1 is 0.938 bits per heavy atom. The van der Waals surface area contributed by atoms with Crippen molar-refractivity contribution in [1.82, 2.24) is 24.6 Å². The lowest BCUT2D eigenvalue weighted by molar-refractivity contribution is 0.535. The predicted octanol–water partition coefficient (Wildman–Crippen LogP) is 5.90. The van der Waals surface area contributed by atoms with Gasteiger partial charge in [-0.2, -0.15) is 5.10 Å². The fraction of sp³-hybridized carbons (Fsp3) is 0.167. The minimum atomic E-state index is -0.402. The second-order valence-electron chi connectivity index (χ2n) is 8.62. The van der Waals surface area contributed by atoms with Gasteiger partial charge in [-0.05, 0) is 29.8 Å². The fourth-order valence-electron chi connectivity index (χ4n) is 3.79. The molecule has 0 aliphatic rings. The van der Waals surface area contributed by atoms with Gasteiger partial charge in [0.05, 0.1) is 11.1 Å². The van der Waals surface area contributed by atoms with E-state index in [-0.39, 0.29) is 5.69 Å². The first-order valence-corrected chi connectivity index (χ1v) is 10.8. The maximum absolute atomic E-state index is 12.6. The van der Waals surface area contributed by atoms with E-state index in [0.29, 0.717) is 38.2 Å². The van der Waals surface area contributed by atoms with Crippen LogP contribution < -0.4 is 5.69 Å². The zero-order valence-corrected chi connectivity index (χ0v) is 19.2. The molecule has 6 nitrogen and oxygen atoms in total. The number of aromatic amines is 1. The molecule has 5 rings (SSSR count). The van der Waals surface area contributed by atoms with Crippen molar-refractivity contribution < 1.29 is 0 Å². The van der Waals surface area contributed by atoms with E-state index in [2.05, 4.69) is 10.2 Å². The number of H-pyrrole nitrogens is 1. The van der Waals surface area contributed by atoms with Crippen LogP contribution in [0.25, 0.3) is 39.1 Å². The molecule has 0 spiro atoms. The van der Waals surface area contributed by atoms with Crippen LogP contribution in [-0.4, -0.2) is 24.6 Å². The van der Waals surface area contributed by atoms with Crippen molar-refractivity contribution in [2.24, 2.45) is 0 Å². The van der Waals surface area contributed by atoms with Crippen LogP contribution in [0.5, 0.6) is 0 Å². The number of pyridine rings is 1. The van der Waals surface area contributed by atoms with Gasteiger partial charge in [0.25, 0.3) is 0 Å². The van der Waals surface area contributed by atoms with E-state index < -0.39 is 5.41 Å². The molecule has 0 fully saturated rings. The lowest BCUT2D eigenvalue weighted by Gasteiger charge is -2.20. The minimum absolute atomic E-state index is 0.331. The van der Waals surface area contributed by atoms with Crippen molar-refractivity contribution in [1.29, 1.82) is 0 Å². The molecule has 0 aliphatic heterocycles. The third kappa shape index (κ3) is 3.36. The van der Waals surface area contributed by atoms with E-state index in [0.717, 1.165) is 16.7 Å². The summed E-state index contributed by atoms with van der Waals surface area (Å²) in [7, 11) is 0. The molecule has 0 saturated heterocycles. The summed E-state index contributed by atoms with van der Waals surface area (Å²) in [6.07, 6.45) is 0. The van der Waals surface area contributed by atoms with Crippen LogP contribution >= 0.6 is 23.2 Å². The van der Waals surface area contributed by atoms with Crippen LogP contribution in [0.2, 0.25) is 10.0 Å². The molecular weight excluding hydrogens is 445 g/mol. The number of halogens is 2. The van der Waals surface area contributed by atoms with Crippen molar-refractivity contribution in [3.05, 3.63) is 81.0 Å². The Morgan fingerprint density at radius 2 is 1.66 bits per heavy atom. The molecule has 5 aromatic rings. The largest absolute Gasteiger partial charge is 0.349 e. The number of nitrogens with zero attached hydrogens (tertiary/aromatic N) is 4. The van der Waals surface area contributed by atoms with Crippen LogP contribution in [0, 0.1) is 0 Å². The highest BCUT2D eigenvalue weighted by molar-refractivity contribution is 6.33. The average Bonchev–Trinajstić information content (AvgIpc) is 3.14. The zero-order chi connectivity index (χ0) is 22.6. The Morgan fingerprint density at radius 3 is 2.34 bits per heavy atom. The van der Waals surface area contributed by atoms with Crippen LogP contribution in [0.3, 0.4) is 0 Å². The van der Waals surface area contributed by atoms with Crippen molar-refractivity contribution in [3.63, 3.8) is 0 Å². The molecule has 0 amide bonds. The van der Waals surface area contributed by atoms with Gasteiger partial charge in [-0.3, -0.25) is 0 Å². The molecule has 3 aromatic heterocycles. The van der Waals surface area contributed by atoms with Crippen molar-refractivity contribution >= 4 is 39.9 Å². The maximum Gasteiger partial charge on any atom is 0.349 e. The highest BCUT2D eigenvalue weighted by Crippen LogP contribution is 2.37.